The van der Waals surface area contributed by atoms with E-state index in [-0.39, 0.29) is 6.54 Å². The van der Waals surface area contributed by atoms with Crippen LogP contribution in [0.15, 0.2) is 36.7 Å². The van der Waals surface area contributed by atoms with E-state index in [2.05, 4.69) is 4.98 Å². The van der Waals surface area contributed by atoms with Gasteiger partial charge in [-0.2, -0.15) is 0 Å². The van der Waals surface area contributed by atoms with Crippen LogP contribution in [0.4, 0.5) is 4.79 Å². The lowest BCUT2D eigenvalue weighted by atomic mass is 10.1. The normalized spacial score (nSPS) is 11.4. The molecule has 0 fully saturated rings. The number of hydrogen-bond acceptors (Lipinski definition) is 4. The number of rotatable bonds is 7. The molecule has 1 heterocycles. The molecule has 1 aromatic heterocycles. The number of nitrogens with zero attached hydrogens (tertiary/aromatic N) is 2. The third kappa shape index (κ3) is 8.60. The van der Waals surface area contributed by atoms with Gasteiger partial charge in [0.05, 0.1) is 0 Å². The Hall–Kier alpha value is -2.37. The lowest BCUT2D eigenvalue weighted by molar-refractivity contribution is -0.131. The maximum atomic E-state index is 12.2. The Morgan fingerprint density at radius 3 is 2.70 bits per heavy atom. The van der Waals surface area contributed by atoms with E-state index in [1.54, 1.807) is 33.2 Å². The first-order chi connectivity index (χ1) is 10.8. The molecule has 0 aliphatic rings. The molecule has 1 aromatic rings. The molecule has 1 amide bonds. The van der Waals surface area contributed by atoms with Crippen molar-refractivity contribution >= 4 is 12.1 Å². The van der Waals surface area contributed by atoms with Gasteiger partial charge in [-0.3, -0.25) is 4.98 Å². The summed E-state index contributed by atoms with van der Waals surface area (Å²) in [5, 5.41) is 8.65. The van der Waals surface area contributed by atoms with Crippen LogP contribution >= 0.6 is 0 Å². The maximum Gasteiger partial charge on any atom is 0.410 e. The van der Waals surface area contributed by atoms with Gasteiger partial charge in [-0.15, -0.1) is 0 Å². The minimum atomic E-state index is -1.04. The summed E-state index contributed by atoms with van der Waals surface area (Å²) in [4.78, 5) is 28.3. The van der Waals surface area contributed by atoms with E-state index in [4.69, 9.17) is 9.84 Å². The van der Waals surface area contributed by atoms with Crippen LogP contribution in [-0.4, -0.2) is 45.7 Å². The van der Waals surface area contributed by atoms with Crippen LogP contribution in [0.1, 0.15) is 32.8 Å². The van der Waals surface area contributed by atoms with Crippen molar-refractivity contribution in [2.75, 3.05) is 13.1 Å². The lowest BCUT2D eigenvalue weighted by Crippen LogP contribution is -2.37. The largest absolute Gasteiger partial charge is 0.478 e. The second kappa shape index (κ2) is 8.92. The van der Waals surface area contributed by atoms with Crippen molar-refractivity contribution < 1.29 is 19.4 Å². The van der Waals surface area contributed by atoms with Crippen LogP contribution in [0.25, 0.3) is 0 Å². The Morgan fingerprint density at radius 1 is 1.39 bits per heavy atom. The first kappa shape index (κ1) is 18.7. The van der Waals surface area contributed by atoms with Crippen molar-refractivity contribution in [2.24, 2.45) is 0 Å². The Bertz CT molecular complexity index is 535. The van der Waals surface area contributed by atoms with Gasteiger partial charge in [-0.1, -0.05) is 12.1 Å². The monoisotopic (exact) mass is 320 g/mol. The fourth-order valence-electron chi connectivity index (χ4n) is 1.88. The standard InChI is InChI=1S/C17H24N2O4/c1-17(2,3)23-16(22)19(12-6-9-15(20)21)11-5-8-14-7-4-10-18-13-14/h4,6-7,9-10,13H,5,8,11-12H2,1-3H3,(H,20,21). The smallest absolute Gasteiger partial charge is 0.410 e. The van der Waals surface area contributed by atoms with E-state index in [1.807, 2.05) is 12.1 Å². The molecule has 0 unspecified atom stereocenters. The molecule has 1 rings (SSSR count). The van der Waals surface area contributed by atoms with Crippen LogP contribution in [0.3, 0.4) is 0 Å². The zero-order valence-corrected chi connectivity index (χ0v) is 13.9. The average molecular weight is 320 g/mol. The van der Waals surface area contributed by atoms with E-state index < -0.39 is 17.7 Å². The summed E-state index contributed by atoms with van der Waals surface area (Å²) in [6, 6.07) is 3.85. The van der Waals surface area contributed by atoms with Crippen molar-refractivity contribution in [1.29, 1.82) is 0 Å². The highest BCUT2D eigenvalue weighted by atomic mass is 16.6. The summed E-state index contributed by atoms with van der Waals surface area (Å²) in [6.45, 7) is 6.07. The Morgan fingerprint density at radius 2 is 2.13 bits per heavy atom. The van der Waals surface area contributed by atoms with Crippen molar-refractivity contribution in [3.05, 3.63) is 42.2 Å². The van der Waals surface area contributed by atoms with Gasteiger partial charge in [0.1, 0.15) is 5.60 Å². The highest BCUT2D eigenvalue weighted by Crippen LogP contribution is 2.11. The molecule has 6 nitrogen and oxygen atoms in total. The summed E-state index contributed by atoms with van der Waals surface area (Å²) in [6.07, 6.45) is 7.06. The summed E-state index contributed by atoms with van der Waals surface area (Å²) < 4.78 is 5.35. The molecule has 0 bridgehead atoms. The number of aromatic nitrogens is 1. The Balaban J connectivity index is 2.59. The average Bonchev–Trinajstić information content (AvgIpc) is 2.44. The zero-order chi connectivity index (χ0) is 17.3. The van der Waals surface area contributed by atoms with E-state index in [1.165, 1.54) is 11.0 Å². The third-order valence-electron chi connectivity index (χ3n) is 2.85. The van der Waals surface area contributed by atoms with Gasteiger partial charge < -0.3 is 14.7 Å². The number of aryl methyl sites for hydroxylation is 1. The van der Waals surface area contributed by atoms with E-state index in [0.717, 1.165) is 24.5 Å². The number of carbonyl (C=O) groups is 2. The van der Waals surface area contributed by atoms with Gasteiger partial charge in [0.2, 0.25) is 0 Å². The van der Waals surface area contributed by atoms with Crippen molar-refractivity contribution in [2.45, 2.75) is 39.2 Å². The zero-order valence-electron chi connectivity index (χ0n) is 13.9. The van der Waals surface area contributed by atoms with Crippen molar-refractivity contribution in [3.63, 3.8) is 0 Å². The van der Waals surface area contributed by atoms with Crippen LogP contribution < -0.4 is 0 Å². The highest BCUT2D eigenvalue weighted by molar-refractivity contribution is 5.79. The molecule has 126 valence electrons. The molecule has 0 saturated heterocycles. The predicted octanol–water partition coefficient (Wildman–Crippen LogP) is 2.89. The molecular formula is C17H24N2O4. The summed E-state index contributed by atoms with van der Waals surface area (Å²) in [7, 11) is 0. The Kier molecular flexibility index (Phi) is 7.25. The van der Waals surface area contributed by atoms with Gasteiger partial charge in [0.15, 0.2) is 0 Å². The maximum absolute atomic E-state index is 12.2. The predicted molar refractivity (Wildman–Crippen MR) is 87.1 cm³/mol. The molecular weight excluding hydrogens is 296 g/mol. The fraction of sp³-hybridized carbons (Fsp3) is 0.471. The lowest BCUT2D eigenvalue weighted by Gasteiger charge is -2.26. The second-order valence-corrected chi connectivity index (χ2v) is 6.13. The third-order valence-corrected chi connectivity index (χ3v) is 2.85. The molecule has 0 saturated carbocycles. The number of ether oxygens (including phenoxy) is 1. The first-order valence-electron chi connectivity index (χ1n) is 7.54. The van der Waals surface area contributed by atoms with Crippen molar-refractivity contribution in [3.8, 4) is 0 Å². The number of pyridine rings is 1. The van der Waals surface area contributed by atoms with Gasteiger partial charge in [0, 0.05) is 31.6 Å². The van der Waals surface area contributed by atoms with E-state index in [9.17, 15) is 9.59 Å². The van der Waals surface area contributed by atoms with Gasteiger partial charge >= 0.3 is 12.1 Å². The number of amides is 1. The molecule has 0 atom stereocenters. The molecule has 0 aliphatic heterocycles. The second-order valence-electron chi connectivity index (χ2n) is 6.13. The number of aliphatic carboxylic acids is 1. The molecule has 23 heavy (non-hydrogen) atoms. The SMILES string of the molecule is CC(C)(C)OC(=O)N(CC=CC(=O)O)CCCc1cccnc1. The topological polar surface area (TPSA) is 79.7 Å². The van der Waals surface area contributed by atoms with Crippen LogP contribution in [-0.2, 0) is 16.0 Å². The molecule has 0 radical (unpaired) electrons. The van der Waals surface area contributed by atoms with Gasteiger partial charge in [0.25, 0.3) is 0 Å². The summed E-state index contributed by atoms with van der Waals surface area (Å²) >= 11 is 0. The van der Waals surface area contributed by atoms with E-state index >= 15 is 0 Å². The first-order valence-corrected chi connectivity index (χ1v) is 7.54. The highest BCUT2D eigenvalue weighted by Gasteiger charge is 2.21. The molecule has 6 heteroatoms. The number of carboxylic acid groups (broad SMARTS) is 1. The number of carbonyl (C=O) groups excluding carboxylic acids is 1. The quantitative estimate of drug-likeness (QED) is 0.781. The molecule has 0 aliphatic carbocycles. The minimum absolute atomic E-state index is 0.203. The van der Waals surface area contributed by atoms with Gasteiger partial charge in [-0.05, 0) is 45.2 Å². The molecule has 1 N–H and O–H groups in total. The van der Waals surface area contributed by atoms with Gasteiger partial charge in [-0.25, -0.2) is 9.59 Å². The van der Waals surface area contributed by atoms with Crippen LogP contribution in [0.2, 0.25) is 0 Å². The molecule has 0 aromatic carbocycles. The number of hydrogen-bond donors (Lipinski definition) is 1. The van der Waals surface area contributed by atoms with Crippen molar-refractivity contribution in [1.82, 2.24) is 9.88 Å². The minimum Gasteiger partial charge on any atom is -0.478 e. The van der Waals surface area contributed by atoms with E-state index in [0.29, 0.717) is 6.54 Å². The Labute approximate surface area is 136 Å². The number of carboxylic acids is 1. The van der Waals surface area contributed by atoms with Crippen LogP contribution in [0.5, 0.6) is 0 Å². The summed E-state index contributed by atoms with van der Waals surface area (Å²) in [5.74, 6) is -1.04. The van der Waals surface area contributed by atoms with Crippen LogP contribution in [0, 0.1) is 0 Å². The summed E-state index contributed by atoms with van der Waals surface area (Å²) in [5.41, 5.74) is 0.507. The fourth-order valence-corrected chi connectivity index (χ4v) is 1.88. The molecule has 0 spiro atoms.